The molecular formula is C13H24N2OS. The minimum atomic E-state index is -0.229. The summed E-state index contributed by atoms with van der Waals surface area (Å²) in [6, 6.07) is 0.193. The van der Waals surface area contributed by atoms with E-state index in [9.17, 15) is 4.79 Å². The molecule has 0 aromatic carbocycles. The fourth-order valence-electron chi connectivity index (χ4n) is 2.99. The minimum Gasteiger partial charge on any atom is -0.351 e. The Kier molecular flexibility index (Phi) is 4.60. The van der Waals surface area contributed by atoms with Crippen LogP contribution in [0.3, 0.4) is 0 Å². The maximum atomic E-state index is 11.7. The maximum absolute atomic E-state index is 11.7. The number of carbonyl (C=O) groups is 1. The largest absolute Gasteiger partial charge is 0.351 e. The van der Waals surface area contributed by atoms with Crippen LogP contribution in [0.15, 0.2) is 0 Å². The second-order valence-corrected chi connectivity index (χ2v) is 6.43. The van der Waals surface area contributed by atoms with Crippen molar-refractivity contribution in [2.24, 2.45) is 17.6 Å². The molecule has 0 heterocycles. The number of rotatable bonds is 6. The highest BCUT2D eigenvalue weighted by Crippen LogP contribution is 2.45. The van der Waals surface area contributed by atoms with Gasteiger partial charge in [-0.15, -0.1) is 0 Å². The fraction of sp³-hybridized carbons (Fsp3) is 0.923. The lowest BCUT2D eigenvalue weighted by atomic mass is 9.94. The zero-order valence-corrected chi connectivity index (χ0v) is 11.5. The van der Waals surface area contributed by atoms with E-state index in [4.69, 9.17) is 5.73 Å². The molecule has 2 saturated carbocycles. The number of amides is 2. The third-order valence-corrected chi connectivity index (χ3v) is 5.20. The molecule has 0 aromatic rings. The first-order valence-corrected chi connectivity index (χ1v) is 7.90. The molecule has 0 radical (unpaired) electrons. The van der Waals surface area contributed by atoms with Crippen LogP contribution in [0.2, 0.25) is 0 Å². The van der Waals surface area contributed by atoms with Crippen LogP contribution in [0.5, 0.6) is 0 Å². The Morgan fingerprint density at radius 3 is 2.35 bits per heavy atom. The maximum Gasteiger partial charge on any atom is 0.325 e. The first-order chi connectivity index (χ1) is 8.24. The molecule has 3 nitrogen and oxygen atoms in total. The number of hydrogen-bond acceptors (Lipinski definition) is 2. The summed E-state index contributed by atoms with van der Waals surface area (Å²) in [5, 5.41) is 0. The molecule has 2 fully saturated rings. The average molecular weight is 256 g/mol. The predicted molar refractivity (Wildman–Crippen MR) is 72.6 cm³/mol. The first-order valence-electron chi connectivity index (χ1n) is 6.95. The van der Waals surface area contributed by atoms with E-state index in [-0.39, 0.29) is 6.03 Å². The van der Waals surface area contributed by atoms with Gasteiger partial charge in [-0.3, -0.25) is 4.31 Å². The van der Waals surface area contributed by atoms with E-state index >= 15 is 0 Å². The van der Waals surface area contributed by atoms with Crippen LogP contribution in [-0.4, -0.2) is 22.1 Å². The molecule has 0 saturated heterocycles. The lowest BCUT2D eigenvalue weighted by molar-refractivity contribution is 0.200. The first kappa shape index (κ1) is 13.1. The molecule has 17 heavy (non-hydrogen) atoms. The van der Waals surface area contributed by atoms with Crippen molar-refractivity contribution in [3.8, 4) is 0 Å². The molecule has 0 aliphatic heterocycles. The molecule has 2 N–H and O–H groups in total. The van der Waals surface area contributed by atoms with Gasteiger partial charge in [-0.1, -0.05) is 19.8 Å². The van der Waals surface area contributed by atoms with Gasteiger partial charge in [-0.2, -0.15) is 0 Å². The summed E-state index contributed by atoms with van der Waals surface area (Å²) in [6.07, 6.45) is 8.92. The Hall–Kier alpha value is -0.380. The van der Waals surface area contributed by atoms with Crippen LogP contribution in [-0.2, 0) is 0 Å². The second kappa shape index (κ2) is 5.98. The number of urea groups is 1. The Labute approximate surface area is 109 Å². The van der Waals surface area contributed by atoms with E-state index in [1.165, 1.54) is 38.5 Å². The van der Waals surface area contributed by atoms with Gasteiger partial charge >= 0.3 is 6.03 Å². The van der Waals surface area contributed by atoms with Crippen molar-refractivity contribution in [3.63, 3.8) is 0 Å². The molecule has 98 valence electrons. The lowest BCUT2D eigenvalue weighted by Crippen LogP contribution is -2.44. The van der Waals surface area contributed by atoms with E-state index in [0.717, 1.165) is 18.1 Å². The van der Waals surface area contributed by atoms with Crippen molar-refractivity contribution in [1.82, 2.24) is 4.31 Å². The van der Waals surface area contributed by atoms with Gasteiger partial charge < -0.3 is 5.73 Å². The minimum absolute atomic E-state index is 0.229. The molecule has 1 atom stereocenters. The molecular weight excluding hydrogens is 232 g/mol. The van der Waals surface area contributed by atoms with Crippen LogP contribution in [0.1, 0.15) is 51.9 Å². The molecule has 0 bridgehead atoms. The Balaban J connectivity index is 2.02. The smallest absolute Gasteiger partial charge is 0.325 e. The van der Waals surface area contributed by atoms with E-state index in [1.807, 2.05) is 4.31 Å². The summed E-state index contributed by atoms with van der Waals surface area (Å²) < 4.78 is 1.91. The van der Waals surface area contributed by atoms with Crippen LogP contribution >= 0.6 is 11.9 Å². The topological polar surface area (TPSA) is 46.3 Å². The lowest BCUT2D eigenvalue weighted by Gasteiger charge is -2.33. The summed E-state index contributed by atoms with van der Waals surface area (Å²) in [5.41, 5.74) is 5.58. The molecule has 1 unspecified atom stereocenters. The van der Waals surface area contributed by atoms with Crippen molar-refractivity contribution in [1.29, 1.82) is 0 Å². The number of hydrogen-bond donors (Lipinski definition) is 1. The summed E-state index contributed by atoms with van der Waals surface area (Å²) in [6.45, 7) is 2.15. The van der Waals surface area contributed by atoms with E-state index in [0.29, 0.717) is 12.0 Å². The van der Waals surface area contributed by atoms with Gasteiger partial charge in [0.2, 0.25) is 0 Å². The van der Waals surface area contributed by atoms with E-state index in [1.54, 1.807) is 11.9 Å². The highest BCUT2D eigenvalue weighted by Gasteiger charge is 2.42. The number of nitrogens with two attached hydrogens (primary N) is 1. The molecule has 0 spiro atoms. The summed E-state index contributed by atoms with van der Waals surface area (Å²) >= 11 is 1.65. The highest BCUT2D eigenvalue weighted by molar-refractivity contribution is 7.97. The zero-order chi connectivity index (χ0) is 12.3. The van der Waals surface area contributed by atoms with Crippen LogP contribution in [0, 0.1) is 11.8 Å². The second-order valence-electron chi connectivity index (χ2n) is 5.37. The van der Waals surface area contributed by atoms with Gasteiger partial charge in [0.05, 0.1) is 6.04 Å². The van der Waals surface area contributed by atoms with Crippen LogP contribution in [0.4, 0.5) is 4.79 Å². The van der Waals surface area contributed by atoms with Crippen molar-refractivity contribution >= 4 is 18.0 Å². The summed E-state index contributed by atoms with van der Waals surface area (Å²) in [7, 11) is 0. The quantitative estimate of drug-likeness (QED) is 0.740. The van der Waals surface area contributed by atoms with Gasteiger partial charge in [0.1, 0.15) is 0 Å². The number of carbonyl (C=O) groups excluding carboxylic acids is 1. The van der Waals surface area contributed by atoms with Gasteiger partial charge in [0.15, 0.2) is 0 Å². The zero-order valence-electron chi connectivity index (χ0n) is 10.7. The Morgan fingerprint density at radius 2 is 1.88 bits per heavy atom. The summed E-state index contributed by atoms with van der Waals surface area (Å²) in [5.74, 6) is 2.44. The molecule has 0 aromatic heterocycles. The fourth-order valence-corrected chi connectivity index (χ4v) is 4.01. The number of nitrogens with zero attached hydrogens (tertiary/aromatic N) is 1. The van der Waals surface area contributed by atoms with Crippen LogP contribution < -0.4 is 5.73 Å². The molecule has 2 aliphatic carbocycles. The third-order valence-electron chi connectivity index (χ3n) is 3.91. The Morgan fingerprint density at radius 1 is 1.29 bits per heavy atom. The van der Waals surface area contributed by atoms with E-state index < -0.39 is 0 Å². The van der Waals surface area contributed by atoms with Crippen molar-refractivity contribution in [3.05, 3.63) is 0 Å². The highest BCUT2D eigenvalue weighted by atomic mass is 32.2. The van der Waals surface area contributed by atoms with Gasteiger partial charge in [-0.25, -0.2) is 4.79 Å². The average Bonchev–Trinajstić information content (AvgIpc) is 2.98. The molecule has 2 rings (SSSR count). The molecule has 2 aliphatic rings. The third kappa shape index (κ3) is 3.30. The van der Waals surface area contributed by atoms with Crippen molar-refractivity contribution in [2.75, 3.05) is 5.75 Å². The van der Waals surface area contributed by atoms with E-state index in [2.05, 4.69) is 6.92 Å². The molecule has 4 heteroatoms. The van der Waals surface area contributed by atoms with Crippen molar-refractivity contribution < 1.29 is 4.79 Å². The predicted octanol–water partition coefficient (Wildman–Crippen LogP) is 3.39. The monoisotopic (exact) mass is 256 g/mol. The molecule has 2 amide bonds. The van der Waals surface area contributed by atoms with Crippen molar-refractivity contribution in [2.45, 2.75) is 57.9 Å². The van der Waals surface area contributed by atoms with Gasteiger partial charge in [0.25, 0.3) is 0 Å². The number of primary amides is 1. The SMILES string of the molecule is CCCSN(C(N)=O)C(C1CCCC1)C1CC1. The standard InChI is InChI=1S/C13H24N2OS/c1-2-9-17-15(13(14)16)12(11-7-8-11)10-5-3-4-6-10/h10-12H,2-9H2,1H3,(H2,14,16). The van der Waals surface area contributed by atoms with Crippen LogP contribution in [0.25, 0.3) is 0 Å². The van der Waals surface area contributed by atoms with Gasteiger partial charge in [0, 0.05) is 5.75 Å². The normalized spacial score (nSPS) is 22.6. The van der Waals surface area contributed by atoms with Gasteiger partial charge in [-0.05, 0) is 55.9 Å². The Bertz CT molecular complexity index is 262. The summed E-state index contributed by atoms with van der Waals surface area (Å²) in [4.78, 5) is 11.7.